The molecular formula is C25H17ClFN3O2S. The van der Waals surface area contributed by atoms with Gasteiger partial charge in [0.2, 0.25) is 5.91 Å². The maximum absolute atomic E-state index is 13.5. The molecule has 0 spiro atoms. The molecule has 0 saturated carbocycles. The number of carbonyl (C=O) groups is 2. The number of rotatable bonds is 5. The third kappa shape index (κ3) is 5.08. The third-order valence-electron chi connectivity index (χ3n) is 4.93. The van der Waals surface area contributed by atoms with Crippen LogP contribution >= 0.6 is 23.4 Å². The first-order chi connectivity index (χ1) is 16.0. The van der Waals surface area contributed by atoms with Crippen LogP contribution in [-0.4, -0.2) is 17.1 Å². The summed E-state index contributed by atoms with van der Waals surface area (Å²) in [6, 6.07) is 23.2. The number of carbonyl (C=O) groups excluding carboxylic acids is 2. The Labute approximate surface area is 199 Å². The molecule has 0 bridgehead atoms. The summed E-state index contributed by atoms with van der Waals surface area (Å²) in [4.78, 5) is 27.7. The van der Waals surface area contributed by atoms with E-state index in [4.69, 9.17) is 11.6 Å². The number of anilines is 2. The molecule has 164 valence electrons. The zero-order chi connectivity index (χ0) is 23.4. The lowest BCUT2D eigenvalue weighted by molar-refractivity contribution is -0.117. The molecular weight excluding hydrogens is 461 g/mol. The van der Waals surface area contributed by atoms with Crippen molar-refractivity contribution in [3.63, 3.8) is 0 Å². The Hall–Kier alpha value is -3.60. The second-order valence-electron chi connectivity index (χ2n) is 7.20. The van der Waals surface area contributed by atoms with Gasteiger partial charge in [-0.3, -0.25) is 14.5 Å². The van der Waals surface area contributed by atoms with Crippen molar-refractivity contribution in [3.05, 3.63) is 106 Å². The summed E-state index contributed by atoms with van der Waals surface area (Å²) < 4.78 is 13.5. The lowest BCUT2D eigenvalue weighted by Crippen LogP contribution is -2.30. The van der Waals surface area contributed by atoms with Gasteiger partial charge in [0.15, 0.2) is 0 Å². The number of hydrogen-bond donors (Lipinski definition) is 1. The van der Waals surface area contributed by atoms with Crippen molar-refractivity contribution < 1.29 is 14.0 Å². The number of nitrogens with zero attached hydrogens (tertiary/aromatic N) is 2. The van der Waals surface area contributed by atoms with Crippen LogP contribution in [0.3, 0.4) is 0 Å². The Kier molecular flexibility index (Phi) is 6.78. The van der Waals surface area contributed by atoms with E-state index in [1.54, 1.807) is 42.5 Å². The molecule has 4 rings (SSSR count). The maximum atomic E-state index is 13.5. The van der Waals surface area contributed by atoms with Crippen molar-refractivity contribution in [2.45, 2.75) is 11.7 Å². The van der Waals surface area contributed by atoms with Gasteiger partial charge in [0.1, 0.15) is 22.5 Å². The molecule has 0 radical (unpaired) electrons. The van der Waals surface area contributed by atoms with Gasteiger partial charge in [0, 0.05) is 16.4 Å². The van der Waals surface area contributed by atoms with Crippen molar-refractivity contribution in [1.29, 1.82) is 5.26 Å². The van der Waals surface area contributed by atoms with E-state index in [9.17, 15) is 19.2 Å². The van der Waals surface area contributed by atoms with E-state index >= 15 is 0 Å². The predicted molar refractivity (Wildman–Crippen MR) is 128 cm³/mol. The monoisotopic (exact) mass is 477 g/mol. The Morgan fingerprint density at radius 3 is 2.48 bits per heavy atom. The van der Waals surface area contributed by atoms with E-state index in [2.05, 4.69) is 5.32 Å². The van der Waals surface area contributed by atoms with Gasteiger partial charge in [-0.1, -0.05) is 53.7 Å². The van der Waals surface area contributed by atoms with Crippen molar-refractivity contribution in [2.24, 2.45) is 0 Å². The molecule has 1 heterocycles. The highest BCUT2D eigenvalue weighted by atomic mass is 35.5. The average molecular weight is 478 g/mol. The molecule has 1 fully saturated rings. The molecule has 0 aliphatic carbocycles. The number of thioether (sulfide) groups is 1. The number of hydrogen-bond acceptors (Lipinski definition) is 4. The first kappa shape index (κ1) is 22.6. The minimum absolute atomic E-state index is 0.199. The van der Waals surface area contributed by atoms with Crippen LogP contribution in [-0.2, 0) is 16.0 Å². The molecule has 3 aromatic rings. The number of nitrogens with one attached hydrogen (secondary N) is 1. The van der Waals surface area contributed by atoms with Crippen LogP contribution < -0.4 is 10.2 Å². The molecule has 1 unspecified atom stereocenters. The van der Waals surface area contributed by atoms with Crippen LogP contribution in [0.4, 0.5) is 15.8 Å². The molecule has 1 aliphatic heterocycles. The van der Waals surface area contributed by atoms with Gasteiger partial charge in [-0.2, -0.15) is 5.26 Å². The largest absolute Gasteiger partial charge is 0.321 e. The molecule has 8 heteroatoms. The minimum Gasteiger partial charge on any atom is -0.321 e. The van der Waals surface area contributed by atoms with E-state index in [-0.39, 0.29) is 16.5 Å². The summed E-state index contributed by atoms with van der Waals surface area (Å²) in [6.07, 6.45) is 0.351. The van der Waals surface area contributed by atoms with E-state index in [1.807, 2.05) is 18.2 Å². The van der Waals surface area contributed by atoms with Gasteiger partial charge in [-0.05, 0) is 60.5 Å². The standard InChI is InChI=1S/C25H17ClFN3O2S/c26-17-6-4-5-16(13-17)14-22-24(32)30(20-11-9-18(27)10-12-20)25(33-22)21(15-28)23(31)29-19-7-2-1-3-8-19/h1-13,22H,14H2,(H,29,31)/b25-21-. The van der Waals surface area contributed by atoms with Crippen LogP contribution in [0.5, 0.6) is 0 Å². The molecule has 33 heavy (non-hydrogen) atoms. The number of benzene rings is 3. The molecule has 3 aromatic carbocycles. The second-order valence-corrected chi connectivity index (χ2v) is 8.83. The van der Waals surface area contributed by atoms with Crippen molar-refractivity contribution in [2.75, 3.05) is 10.2 Å². The number of para-hydroxylation sites is 1. The van der Waals surface area contributed by atoms with E-state index in [1.165, 1.54) is 29.2 Å². The Morgan fingerprint density at radius 1 is 1.09 bits per heavy atom. The van der Waals surface area contributed by atoms with Crippen LogP contribution in [0.2, 0.25) is 5.02 Å². The topological polar surface area (TPSA) is 73.2 Å². The molecule has 0 aromatic heterocycles. The highest BCUT2D eigenvalue weighted by molar-refractivity contribution is 8.05. The summed E-state index contributed by atoms with van der Waals surface area (Å²) >= 11 is 7.22. The van der Waals surface area contributed by atoms with Gasteiger partial charge in [0.05, 0.1) is 5.25 Å². The van der Waals surface area contributed by atoms with Gasteiger partial charge in [-0.15, -0.1) is 0 Å². The van der Waals surface area contributed by atoms with E-state index < -0.39 is 17.0 Å². The van der Waals surface area contributed by atoms with Crippen LogP contribution in [0.1, 0.15) is 5.56 Å². The Morgan fingerprint density at radius 2 is 1.82 bits per heavy atom. The summed E-state index contributed by atoms with van der Waals surface area (Å²) in [7, 11) is 0. The predicted octanol–water partition coefficient (Wildman–Crippen LogP) is 5.54. The highest BCUT2D eigenvalue weighted by Crippen LogP contribution is 2.42. The quantitative estimate of drug-likeness (QED) is 0.386. The lowest BCUT2D eigenvalue weighted by Gasteiger charge is -2.18. The van der Waals surface area contributed by atoms with Crippen molar-refractivity contribution in [1.82, 2.24) is 0 Å². The summed E-state index contributed by atoms with van der Waals surface area (Å²) in [5, 5.41) is 12.7. The fourth-order valence-electron chi connectivity index (χ4n) is 3.41. The van der Waals surface area contributed by atoms with Gasteiger partial charge >= 0.3 is 0 Å². The van der Waals surface area contributed by atoms with Crippen LogP contribution in [0.25, 0.3) is 0 Å². The van der Waals surface area contributed by atoms with E-state index in [0.717, 1.165) is 17.3 Å². The minimum atomic E-state index is -0.630. The smallest absolute Gasteiger partial charge is 0.269 e. The molecule has 1 atom stereocenters. The average Bonchev–Trinajstić information content (AvgIpc) is 3.11. The highest BCUT2D eigenvalue weighted by Gasteiger charge is 2.40. The maximum Gasteiger partial charge on any atom is 0.269 e. The Bertz CT molecular complexity index is 1270. The number of nitriles is 1. The van der Waals surface area contributed by atoms with Crippen LogP contribution in [0, 0.1) is 17.1 Å². The fourth-order valence-corrected chi connectivity index (χ4v) is 4.93. The van der Waals surface area contributed by atoms with Gasteiger partial charge in [0.25, 0.3) is 5.91 Å². The van der Waals surface area contributed by atoms with E-state index in [0.29, 0.717) is 22.8 Å². The number of amides is 2. The van der Waals surface area contributed by atoms with Gasteiger partial charge in [-0.25, -0.2) is 4.39 Å². The summed E-state index contributed by atoms with van der Waals surface area (Å²) in [5.41, 5.74) is 1.54. The first-order valence-electron chi connectivity index (χ1n) is 9.97. The molecule has 1 saturated heterocycles. The summed E-state index contributed by atoms with van der Waals surface area (Å²) in [6.45, 7) is 0. The Balaban J connectivity index is 1.73. The molecule has 2 amide bonds. The zero-order valence-electron chi connectivity index (χ0n) is 17.2. The summed E-state index contributed by atoms with van der Waals surface area (Å²) in [5.74, 6) is -1.39. The van der Waals surface area contributed by atoms with Gasteiger partial charge < -0.3 is 5.32 Å². The normalized spacial score (nSPS) is 16.9. The zero-order valence-corrected chi connectivity index (χ0v) is 18.7. The molecule has 1 N–H and O–H groups in total. The number of halogens is 2. The molecule has 1 aliphatic rings. The SMILES string of the molecule is N#C/C(C(=O)Nc1ccccc1)=C1/SC(Cc2cccc(Cl)c2)C(=O)N1c1ccc(F)cc1. The van der Waals surface area contributed by atoms with Crippen molar-refractivity contribution >= 4 is 46.6 Å². The lowest BCUT2D eigenvalue weighted by atomic mass is 10.1. The van der Waals surface area contributed by atoms with Crippen molar-refractivity contribution in [3.8, 4) is 6.07 Å². The second kappa shape index (κ2) is 9.90. The fraction of sp³-hybridized carbons (Fsp3) is 0.0800. The first-order valence-corrected chi connectivity index (χ1v) is 11.2. The molecule has 5 nitrogen and oxygen atoms in total. The third-order valence-corrected chi connectivity index (χ3v) is 6.43. The van der Waals surface area contributed by atoms with Crippen LogP contribution in [0.15, 0.2) is 89.5 Å².